The van der Waals surface area contributed by atoms with Crippen molar-refractivity contribution in [2.45, 2.75) is 13.8 Å². The van der Waals surface area contributed by atoms with E-state index in [9.17, 15) is 9.59 Å². The number of aliphatic carboxylic acids is 1. The Morgan fingerprint density at radius 2 is 1.89 bits per heavy atom. The van der Waals surface area contributed by atoms with Crippen LogP contribution >= 0.6 is 0 Å². The van der Waals surface area contributed by atoms with Crippen molar-refractivity contribution < 1.29 is 19.4 Å². The summed E-state index contributed by atoms with van der Waals surface area (Å²) in [5.41, 5.74) is 2.44. The lowest BCUT2D eigenvalue weighted by Gasteiger charge is -2.12. The van der Waals surface area contributed by atoms with Gasteiger partial charge in [0.25, 0.3) is 0 Å². The number of rotatable bonds is 4. The molecule has 0 aliphatic heterocycles. The van der Waals surface area contributed by atoms with Gasteiger partial charge in [0.15, 0.2) is 0 Å². The molecule has 2 N–H and O–H groups in total. The molecular formula is C13H15NO4. The number of methoxy groups -OCH3 is 1. The van der Waals surface area contributed by atoms with Crippen LogP contribution in [0.15, 0.2) is 24.3 Å². The maximum Gasteiger partial charge on any atom is 0.328 e. The molecule has 18 heavy (non-hydrogen) atoms. The van der Waals surface area contributed by atoms with Crippen LogP contribution in [0.2, 0.25) is 0 Å². The smallest absolute Gasteiger partial charge is 0.328 e. The van der Waals surface area contributed by atoms with Crippen molar-refractivity contribution in [3.05, 3.63) is 35.4 Å². The lowest BCUT2D eigenvalue weighted by molar-refractivity contribution is -0.131. The van der Waals surface area contributed by atoms with E-state index in [1.54, 1.807) is 19.2 Å². The molecule has 1 aromatic rings. The molecule has 0 radical (unpaired) electrons. The fourth-order valence-electron chi connectivity index (χ4n) is 1.47. The van der Waals surface area contributed by atoms with Crippen LogP contribution in [0.25, 0.3) is 0 Å². The monoisotopic (exact) mass is 249 g/mol. The molecule has 0 aliphatic rings. The molecule has 5 heteroatoms. The highest BCUT2D eigenvalue weighted by Crippen LogP contribution is 2.27. The second kappa shape index (κ2) is 5.86. The van der Waals surface area contributed by atoms with Crippen LogP contribution in [-0.4, -0.2) is 24.1 Å². The van der Waals surface area contributed by atoms with E-state index >= 15 is 0 Å². The highest BCUT2D eigenvalue weighted by molar-refractivity contribution is 6.02. The van der Waals surface area contributed by atoms with E-state index < -0.39 is 11.9 Å². The van der Waals surface area contributed by atoms with E-state index in [1.165, 1.54) is 0 Å². The lowest BCUT2D eigenvalue weighted by Crippen LogP contribution is -2.10. The van der Waals surface area contributed by atoms with Gasteiger partial charge in [-0.15, -0.1) is 0 Å². The molecule has 0 aromatic heterocycles. The van der Waals surface area contributed by atoms with Crippen molar-refractivity contribution >= 4 is 17.6 Å². The predicted octanol–water partition coefficient (Wildman–Crippen LogP) is 1.89. The standard InChI is InChI=1S/C13H15NO4/c1-8-9(2)11(18-3)5-4-10(8)14-12(15)6-7-13(16)17/h4-7H,1-3H3,(H,14,15)(H,16,17)/b7-6+. The average Bonchev–Trinajstić information content (AvgIpc) is 2.33. The Kier molecular flexibility index (Phi) is 4.48. The van der Waals surface area contributed by atoms with Crippen molar-refractivity contribution in [1.29, 1.82) is 0 Å². The highest BCUT2D eigenvalue weighted by atomic mass is 16.5. The summed E-state index contributed by atoms with van der Waals surface area (Å²) in [6, 6.07) is 3.46. The number of carbonyl (C=O) groups is 2. The summed E-state index contributed by atoms with van der Waals surface area (Å²) in [5, 5.41) is 11.0. The van der Waals surface area contributed by atoms with E-state index in [2.05, 4.69) is 5.32 Å². The van der Waals surface area contributed by atoms with Gasteiger partial charge in [-0.2, -0.15) is 0 Å². The van der Waals surface area contributed by atoms with Crippen LogP contribution < -0.4 is 10.1 Å². The minimum Gasteiger partial charge on any atom is -0.496 e. The Bertz CT molecular complexity index is 506. The number of nitrogens with one attached hydrogen (secondary N) is 1. The molecule has 0 heterocycles. The largest absolute Gasteiger partial charge is 0.496 e. The van der Waals surface area contributed by atoms with Crippen LogP contribution in [0.5, 0.6) is 5.75 Å². The van der Waals surface area contributed by atoms with Crippen LogP contribution in [0.1, 0.15) is 11.1 Å². The quantitative estimate of drug-likeness (QED) is 0.799. The molecule has 0 spiro atoms. The van der Waals surface area contributed by atoms with Gasteiger partial charge in [0.05, 0.1) is 7.11 Å². The van der Waals surface area contributed by atoms with Gasteiger partial charge in [-0.05, 0) is 37.1 Å². The van der Waals surface area contributed by atoms with Crippen LogP contribution in [0.4, 0.5) is 5.69 Å². The van der Waals surface area contributed by atoms with E-state index in [0.29, 0.717) is 5.69 Å². The van der Waals surface area contributed by atoms with Crippen molar-refractivity contribution in [3.63, 3.8) is 0 Å². The summed E-state index contributed by atoms with van der Waals surface area (Å²) >= 11 is 0. The average molecular weight is 249 g/mol. The molecule has 0 fully saturated rings. The Morgan fingerprint density at radius 3 is 2.44 bits per heavy atom. The Hall–Kier alpha value is -2.30. The Balaban J connectivity index is 2.89. The first-order valence-corrected chi connectivity index (χ1v) is 5.32. The molecule has 0 aliphatic carbocycles. The molecule has 0 unspecified atom stereocenters. The molecule has 0 bridgehead atoms. The van der Waals surface area contributed by atoms with Gasteiger partial charge in [0, 0.05) is 17.8 Å². The molecule has 0 saturated heterocycles. The Morgan fingerprint density at radius 1 is 1.22 bits per heavy atom. The van der Waals surface area contributed by atoms with Crippen molar-refractivity contribution in [3.8, 4) is 5.75 Å². The zero-order valence-corrected chi connectivity index (χ0v) is 10.5. The van der Waals surface area contributed by atoms with Gasteiger partial charge in [-0.25, -0.2) is 4.79 Å². The predicted molar refractivity (Wildman–Crippen MR) is 67.9 cm³/mol. The minimum atomic E-state index is -1.16. The first kappa shape index (κ1) is 13.8. The van der Waals surface area contributed by atoms with Gasteiger partial charge in [-0.3, -0.25) is 4.79 Å². The van der Waals surface area contributed by atoms with Crippen molar-refractivity contribution in [2.24, 2.45) is 0 Å². The first-order valence-electron chi connectivity index (χ1n) is 5.32. The van der Waals surface area contributed by atoms with Gasteiger partial charge in [-0.1, -0.05) is 0 Å². The molecule has 0 saturated carbocycles. The second-order valence-electron chi connectivity index (χ2n) is 3.73. The van der Waals surface area contributed by atoms with Gasteiger partial charge >= 0.3 is 5.97 Å². The number of ether oxygens (including phenoxy) is 1. The third kappa shape index (κ3) is 3.35. The van der Waals surface area contributed by atoms with E-state index in [-0.39, 0.29) is 0 Å². The lowest BCUT2D eigenvalue weighted by atomic mass is 10.1. The van der Waals surface area contributed by atoms with Crippen LogP contribution in [-0.2, 0) is 9.59 Å². The number of hydrogen-bond donors (Lipinski definition) is 2. The van der Waals surface area contributed by atoms with E-state index in [4.69, 9.17) is 9.84 Å². The topological polar surface area (TPSA) is 75.6 Å². The first-order chi connectivity index (χ1) is 8.45. The normalized spacial score (nSPS) is 10.4. The van der Waals surface area contributed by atoms with Crippen molar-refractivity contribution in [2.75, 3.05) is 12.4 Å². The summed E-state index contributed by atoms with van der Waals surface area (Å²) in [4.78, 5) is 21.7. The third-order valence-corrected chi connectivity index (χ3v) is 2.59. The summed E-state index contributed by atoms with van der Waals surface area (Å²) < 4.78 is 5.16. The number of anilines is 1. The number of carboxylic acid groups (broad SMARTS) is 1. The number of hydrogen-bond acceptors (Lipinski definition) is 3. The summed E-state index contributed by atoms with van der Waals surface area (Å²) in [5.74, 6) is -0.899. The second-order valence-corrected chi connectivity index (χ2v) is 3.73. The fourth-order valence-corrected chi connectivity index (χ4v) is 1.47. The van der Waals surface area contributed by atoms with Gasteiger partial charge in [0.1, 0.15) is 5.75 Å². The summed E-state index contributed by atoms with van der Waals surface area (Å²) in [6.07, 6.45) is 1.77. The van der Waals surface area contributed by atoms with Crippen molar-refractivity contribution in [1.82, 2.24) is 0 Å². The number of benzene rings is 1. The molecule has 5 nitrogen and oxygen atoms in total. The van der Waals surface area contributed by atoms with Gasteiger partial charge in [0.2, 0.25) is 5.91 Å². The molecule has 1 rings (SSSR count). The minimum absolute atomic E-state index is 0.481. The molecular weight excluding hydrogens is 234 g/mol. The maximum atomic E-state index is 11.4. The molecule has 0 atom stereocenters. The molecule has 96 valence electrons. The fraction of sp³-hybridized carbons (Fsp3) is 0.231. The molecule has 1 amide bonds. The van der Waals surface area contributed by atoms with Crippen LogP contribution in [0.3, 0.4) is 0 Å². The Labute approximate surface area is 105 Å². The van der Waals surface area contributed by atoms with Crippen LogP contribution in [0, 0.1) is 13.8 Å². The zero-order valence-electron chi connectivity index (χ0n) is 10.5. The highest BCUT2D eigenvalue weighted by Gasteiger charge is 2.08. The third-order valence-electron chi connectivity index (χ3n) is 2.59. The SMILES string of the molecule is COc1ccc(NC(=O)/C=C/C(=O)O)c(C)c1C. The summed E-state index contributed by atoms with van der Waals surface area (Å²) in [6.45, 7) is 3.74. The van der Waals surface area contributed by atoms with E-state index in [0.717, 1.165) is 29.0 Å². The number of amides is 1. The molecule has 1 aromatic carbocycles. The zero-order chi connectivity index (χ0) is 13.7. The summed E-state index contributed by atoms with van der Waals surface area (Å²) in [7, 11) is 1.58. The number of carbonyl (C=O) groups excluding carboxylic acids is 1. The number of carboxylic acids is 1. The maximum absolute atomic E-state index is 11.4. The van der Waals surface area contributed by atoms with E-state index in [1.807, 2.05) is 13.8 Å². The van der Waals surface area contributed by atoms with Gasteiger partial charge < -0.3 is 15.2 Å².